The Hall–Kier alpha value is -0.650. The minimum Gasteiger partial charge on any atom is -0.243 e. The van der Waals surface area contributed by atoms with E-state index in [4.69, 9.17) is 11.6 Å². The van der Waals surface area contributed by atoms with Crippen LogP contribution in [0, 0.1) is 11.8 Å². The third kappa shape index (κ3) is 3.68. The second-order valence-electron chi connectivity index (χ2n) is 5.44. The Morgan fingerprint density at radius 3 is 2.63 bits per heavy atom. The van der Waals surface area contributed by atoms with Gasteiger partial charge in [-0.3, -0.25) is 0 Å². The Balaban J connectivity index is 2.11. The summed E-state index contributed by atoms with van der Waals surface area (Å²) in [7, 11) is -3.50. The highest BCUT2D eigenvalue weighted by molar-refractivity contribution is 7.89. The highest BCUT2D eigenvalue weighted by Gasteiger charge is 2.29. The standard InChI is InChI=1S/C13H19ClN2O2S/c1-9-3-5-12(10(2)7-9)16-19(17,18)11-4-6-13(14)15-8-11/h4,6,8-10,12,16H,3,5,7H2,1-2H3. The maximum absolute atomic E-state index is 12.2. The highest BCUT2D eigenvalue weighted by atomic mass is 35.5. The molecule has 0 bridgehead atoms. The number of rotatable bonds is 3. The number of hydrogen-bond acceptors (Lipinski definition) is 3. The molecule has 3 atom stereocenters. The van der Waals surface area contributed by atoms with Crippen molar-refractivity contribution in [2.75, 3.05) is 0 Å². The van der Waals surface area contributed by atoms with Crippen LogP contribution in [-0.4, -0.2) is 19.4 Å². The van der Waals surface area contributed by atoms with Gasteiger partial charge >= 0.3 is 0 Å². The van der Waals surface area contributed by atoms with Crippen molar-refractivity contribution in [1.82, 2.24) is 9.71 Å². The van der Waals surface area contributed by atoms with Crippen molar-refractivity contribution in [3.63, 3.8) is 0 Å². The molecule has 3 unspecified atom stereocenters. The molecule has 0 aromatic carbocycles. The van der Waals surface area contributed by atoms with E-state index in [1.807, 2.05) is 0 Å². The van der Waals surface area contributed by atoms with Crippen molar-refractivity contribution in [3.05, 3.63) is 23.5 Å². The van der Waals surface area contributed by atoms with Crippen molar-refractivity contribution >= 4 is 21.6 Å². The average molecular weight is 303 g/mol. The lowest BCUT2D eigenvalue weighted by Crippen LogP contribution is -2.42. The number of pyridine rings is 1. The molecule has 1 saturated carbocycles. The van der Waals surface area contributed by atoms with Crippen molar-refractivity contribution in [2.24, 2.45) is 11.8 Å². The molecule has 1 N–H and O–H groups in total. The first-order valence-electron chi connectivity index (χ1n) is 6.52. The van der Waals surface area contributed by atoms with Crippen molar-refractivity contribution in [2.45, 2.75) is 44.0 Å². The molecule has 6 heteroatoms. The normalized spacial score (nSPS) is 28.3. The van der Waals surface area contributed by atoms with Gasteiger partial charge in [-0.2, -0.15) is 0 Å². The molecular weight excluding hydrogens is 284 g/mol. The second kappa shape index (κ2) is 5.77. The fraction of sp³-hybridized carbons (Fsp3) is 0.615. The van der Waals surface area contributed by atoms with E-state index in [-0.39, 0.29) is 10.9 Å². The SMILES string of the molecule is CC1CCC(NS(=O)(=O)c2ccc(Cl)nc2)C(C)C1. The Kier molecular flexibility index (Phi) is 4.48. The van der Waals surface area contributed by atoms with Crippen molar-refractivity contribution < 1.29 is 8.42 Å². The molecular formula is C13H19ClN2O2S. The number of aromatic nitrogens is 1. The molecule has 0 spiro atoms. The maximum Gasteiger partial charge on any atom is 0.242 e. The Morgan fingerprint density at radius 2 is 2.05 bits per heavy atom. The lowest BCUT2D eigenvalue weighted by Gasteiger charge is -2.32. The minimum absolute atomic E-state index is 0.0110. The second-order valence-corrected chi connectivity index (χ2v) is 7.54. The van der Waals surface area contributed by atoms with Gasteiger partial charge in [-0.15, -0.1) is 0 Å². The van der Waals surface area contributed by atoms with Crippen LogP contribution >= 0.6 is 11.6 Å². The van der Waals surface area contributed by atoms with E-state index in [0.29, 0.717) is 17.0 Å². The van der Waals surface area contributed by atoms with Gasteiger partial charge < -0.3 is 0 Å². The third-order valence-corrected chi connectivity index (χ3v) is 5.45. The van der Waals surface area contributed by atoms with Crippen LogP contribution in [0.25, 0.3) is 0 Å². The van der Waals surface area contributed by atoms with E-state index in [0.717, 1.165) is 19.3 Å². The van der Waals surface area contributed by atoms with Gasteiger partial charge in [0.15, 0.2) is 0 Å². The average Bonchev–Trinajstić information content (AvgIpc) is 2.33. The molecule has 0 radical (unpaired) electrons. The summed E-state index contributed by atoms with van der Waals surface area (Å²) in [6, 6.07) is 2.98. The van der Waals surface area contributed by atoms with E-state index >= 15 is 0 Å². The molecule has 1 aromatic heterocycles. The summed E-state index contributed by atoms with van der Waals surface area (Å²) in [4.78, 5) is 3.99. The van der Waals surface area contributed by atoms with Crippen LogP contribution in [0.2, 0.25) is 5.15 Å². The molecule has 2 rings (SSSR count). The van der Waals surface area contributed by atoms with Gasteiger partial charge in [-0.1, -0.05) is 25.4 Å². The molecule has 0 amide bonds. The topological polar surface area (TPSA) is 59.1 Å². The third-order valence-electron chi connectivity index (χ3n) is 3.75. The predicted molar refractivity (Wildman–Crippen MR) is 75.5 cm³/mol. The zero-order valence-electron chi connectivity index (χ0n) is 11.1. The molecule has 1 fully saturated rings. The highest BCUT2D eigenvalue weighted by Crippen LogP contribution is 2.29. The van der Waals surface area contributed by atoms with E-state index in [1.54, 1.807) is 0 Å². The fourth-order valence-electron chi connectivity index (χ4n) is 2.63. The summed E-state index contributed by atoms with van der Waals surface area (Å²) in [5, 5.41) is 0.291. The Morgan fingerprint density at radius 1 is 1.32 bits per heavy atom. The molecule has 1 heterocycles. The summed E-state index contributed by atoms with van der Waals surface area (Å²) >= 11 is 5.67. The fourth-order valence-corrected chi connectivity index (χ4v) is 4.06. The molecule has 0 aliphatic heterocycles. The molecule has 106 valence electrons. The van der Waals surface area contributed by atoms with E-state index in [1.165, 1.54) is 18.3 Å². The first-order valence-corrected chi connectivity index (χ1v) is 8.38. The van der Waals surface area contributed by atoms with Gasteiger partial charge in [0.2, 0.25) is 10.0 Å². The number of sulfonamides is 1. The summed E-state index contributed by atoms with van der Waals surface area (Å²) in [6.07, 6.45) is 4.31. The zero-order valence-corrected chi connectivity index (χ0v) is 12.7. The molecule has 19 heavy (non-hydrogen) atoms. The van der Waals surface area contributed by atoms with Crippen molar-refractivity contribution in [3.8, 4) is 0 Å². The number of hydrogen-bond donors (Lipinski definition) is 1. The molecule has 1 aliphatic rings. The quantitative estimate of drug-likeness (QED) is 0.874. The zero-order chi connectivity index (χ0) is 14.0. The molecule has 1 aliphatic carbocycles. The van der Waals surface area contributed by atoms with Crippen LogP contribution in [-0.2, 0) is 10.0 Å². The smallest absolute Gasteiger partial charge is 0.242 e. The summed E-state index contributed by atoms with van der Waals surface area (Å²) in [5.74, 6) is 1.03. The first kappa shape index (κ1) is 14.8. The van der Waals surface area contributed by atoms with Crippen molar-refractivity contribution in [1.29, 1.82) is 0 Å². The lowest BCUT2D eigenvalue weighted by molar-refractivity contribution is 0.249. The van der Waals surface area contributed by atoms with Gasteiger partial charge in [0.05, 0.1) is 0 Å². The van der Waals surface area contributed by atoms with Gasteiger partial charge in [0, 0.05) is 12.2 Å². The molecule has 4 nitrogen and oxygen atoms in total. The summed E-state index contributed by atoms with van der Waals surface area (Å²) in [5.41, 5.74) is 0. The maximum atomic E-state index is 12.2. The number of nitrogens with zero attached hydrogens (tertiary/aromatic N) is 1. The van der Waals surface area contributed by atoms with Crippen LogP contribution in [0.1, 0.15) is 33.1 Å². The van der Waals surface area contributed by atoms with Gasteiger partial charge in [0.25, 0.3) is 0 Å². The van der Waals surface area contributed by atoms with E-state index < -0.39 is 10.0 Å². The lowest BCUT2D eigenvalue weighted by atomic mass is 9.80. The first-order chi connectivity index (χ1) is 8.88. The van der Waals surface area contributed by atoms with Gasteiger partial charge in [-0.25, -0.2) is 18.1 Å². The number of halogens is 1. The van der Waals surface area contributed by atoms with Gasteiger partial charge in [0.1, 0.15) is 10.0 Å². The summed E-state index contributed by atoms with van der Waals surface area (Å²) < 4.78 is 27.3. The minimum atomic E-state index is -3.50. The number of nitrogens with one attached hydrogen (secondary N) is 1. The monoisotopic (exact) mass is 302 g/mol. The molecule has 0 saturated heterocycles. The Labute approximate surface area is 119 Å². The Bertz CT molecular complexity index is 530. The van der Waals surface area contributed by atoms with Crippen LogP contribution in [0.5, 0.6) is 0 Å². The van der Waals surface area contributed by atoms with Crippen LogP contribution in [0.4, 0.5) is 0 Å². The van der Waals surface area contributed by atoms with Crippen LogP contribution < -0.4 is 4.72 Å². The largest absolute Gasteiger partial charge is 0.243 e. The van der Waals surface area contributed by atoms with Gasteiger partial charge in [-0.05, 0) is 43.2 Å². The van der Waals surface area contributed by atoms with Crippen LogP contribution in [0.15, 0.2) is 23.2 Å². The molecule has 1 aromatic rings. The predicted octanol–water partition coefficient (Wildman–Crippen LogP) is 2.84. The van der Waals surface area contributed by atoms with E-state index in [2.05, 4.69) is 23.6 Å². The van der Waals surface area contributed by atoms with Crippen LogP contribution in [0.3, 0.4) is 0 Å². The van der Waals surface area contributed by atoms with E-state index in [9.17, 15) is 8.42 Å². The summed E-state index contributed by atoms with van der Waals surface area (Å²) in [6.45, 7) is 4.31.